The fourth-order valence-corrected chi connectivity index (χ4v) is 2.33. The number of amides is 1. The van der Waals surface area contributed by atoms with Gasteiger partial charge < -0.3 is 10.1 Å². The molecule has 0 saturated heterocycles. The van der Waals surface area contributed by atoms with Crippen molar-refractivity contribution in [3.05, 3.63) is 64.4 Å². The van der Waals surface area contributed by atoms with Crippen LogP contribution in [0.2, 0.25) is 5.02 Å². The van der Waals surface area contributed by atoms with Gasteiger partial charge in [0.1, 0.15) is 11.6 Å². The van der Waals surface area contributed by atoms with Crippen LogP contribution in [0.4, 0.5) is 4.39 Å². The minimum Gasteiger partial charge on any atom is -0.497 e. The third-order valence-corrected chi connectivity index (χ3v) is 3.64. The van der Waals surface area contributed by atoms with Crippen LogP contribution in [0.15, 0.2) is 42.5 Å². The van der Waals surface area contributed by atoms with Gasteiger partial charge in [-0.1, -0.05) is 30.7 Å². The van der Waals surface area contributed by atoms with E-state index < -0.39 is 11.7 Å². The van der Waals surface area contributed by atoms with Crippen molar-refractivity contribution in [3.8, 4) is 5.75 Å². The molecule has 1 amide bonds. The molecule has 0 aliphatic heterocycles. The molecule has 2 rings (SSSR count). The Morgan fingerprint density at radius 2 is 1.95 bits per heavy atom. The maximum atomic E-state index is 13.8. The molecule has 2 aromatic rings. The summed E-state index contributed by atoms with van der Waals surface area (Å²) in [4.78, 5) is 12.2. The van der Waals surface area contributed by atoms with Crippen LogP contribution in [-0.4, -0.2) is 13.0 Å². The molecule has 0 aliphatic carbocycles. The smallest absolute Gasteiger partial charge is 0.254 e. The minimum absolute atomic E-state index is 0.0173. The normalized spacial score (nSPS) is 11.8. The van der Waals surface area contributed by atoms with E-state index in [0.29, 0.717) is 6.42 Å². The van der Waals surface area contributed by atoms with Crippen LogP contribution in [0.1, 0.15) is 35.3 Å². The maximum Gasteiger partial charge on any atom is 0.254 e. The zero-order valence-electron chi connectivity index (χ0n) is 12.4. The fourth-order valence-electron chi connectivity index (χ4n) is 2.17. The second-order valence-corrected chi connectivity index (χ2v) is 5.27. The number of methoxy groups -OCH3 is 1. The van der Waals surface area contributed by atoms with E-state index in [1.807, 2.05) is 31.2 Å². The van der Waals surface area contributed by atoms with Crippen LogP contribution >= 0.6 is 11.6 Å². The lowest BCUT2D eigenvalue weighted by atomic mass is 10.0. The summed E-state index contributed by atoms with van der Waals surface area (Å²) in [5.41, 5.74) is 0.919. The van der Waals surface area contributed by atoms with Crippen LogP contribution in [0.25, 0.3) is 0 Å². The molecular formula is C17H17ClFNO2. The Hall–Kier alpha value is -2.07. The van der Waals surface area contributed by atoms with Crippen molar-refractivity contribution in [2.24, 2.45) is 0 Å². The summed E-state index contributed by atoms with van der Waals surface area (Å²) < 4.78 is 18.9. The molecule has 116 valence electrons. The molecule has 3 nitrogen and oxygen atoms in total. The number of hydrogen-bond acceptors (Lipinski definition) is 2. The van der Waals surface area contributed by atoms with Gasteiger partial charge in [-0.05, 0) is 42.3 Å². The Bertz CT molecular complexity index is 658. The Morgan fingerprint density at radius 3 is 2.50 bits per heavy atom. The van der Waals surface area contributed by atoms with E-state index in [1.165, 1.54) is 12.1 Å². The van der Waals surface area contributed by atoms with Crippen molar-refractivity contribution in [2.75, 3.05) is 7.11 Å². The van der Waals surface area contributed by atoms with E-state index in [0.717, 1.165) is 17.4 Å². The summed E-state index contributed by atoms with van der Waals surface area (Å²) in [7, 11) is 1.59. The predicted molar refractivity (Wildman–Crippen MR) is 84.9 cm³/mol. The van der Waals surface area contributed by atoms with Gasteiger partial charge in [0.25, 0.3) is 5.91 Å². The zero-order valence-corrected chi connectivity index (χ0v) is 13.2. The minimum atomic E-state index is -0.630. The van der Waals surface area contributed by atoms with E-state index in [4.69, 9.17) is 16.3 Å². The van der Waals surface area contributed by atoms with E-state index in [9.17, 15) is 9.18 Å². The lowest BCUT2D eigenvalue weighted by Crippen LogP contribution is -2.28. The maximum absolute atomic E-state index is 13.8. The van der Waals surface area contributed by atoms with Crippen LogP contribution in [0, 0.1) is 5.82 Å². The van der Waals surface area contributed by atoms with Gasteiger partial charge >= 0.3 is 0 Å². The predicted octanol–water partition coefficient (Wildman–Crippen LogP) is 4.37. The zero-order chi connectivity index (χ0) is 16.1. The monoisotopic (exact) mass is 321 g/mol. The van der Waals surface area contributed by atoms with Crippen molar-refractivity contribution >= 4 is 17.5 Å². The first kappa shape index (κ1) is 16.3. The molecule has 0 heterocycles. The molecule has 22 heavy (non-hydrogen) atoms. The van der Waals surface area contributed by atoms with Crippen molar-refractivity contribution in [3.63, 3.8) is 0 Å². The van der Waals surface area contributed by atoms with Crippen molar-refractivity contribution in [1.29, 1.82) is 0 Å². The largest absolute Gasteiger partial charge is 0.497 e. The van der Waals surface area contributed by atoms with Crippen LogP contribution < -0.4 is 10.1 Å². The van der Waals surface area contributed by atoms with Gasteiger partial charge in [-0.15, -0.1) is 0 Å². The molecule has 2 aromatic carbocycles. The van der Waals surface area contributed by atoms with Gasteiger partial charge in [-0.2, -0.15) is 0 Å². The third kappa shape index (κ3) is 3.77. The molecule has 1 atom stereocenters. The number of nitrogens with one attached hydrogen (secondary N) is 1. The van der Waals surface area contributed by atoms with Gasteiger partial charge in [-0.3, -0.25) is 4.79 Å². The van der Waals surface area contributed by atoms with Gasteiger partial charge in [0, 0.05) is 5.02 Å². The Balaban J connectivity index is 2.16. The summed E-state index contributed by atoms with van der Waals surface area (Å²) in [6.45, 7) is 1.95. The highest BCUT2D eigenvalue weighted by atomic mass is 35.5. The van der Waals surface area contributed by atoms with Gasteiger partial charge in [0.05, 0.1) is 18.7 Å². The second-order valence-electron chi connectivity index (χ2n) is 4.83. The van der Waals surface area contributed by atoms with E-state index in [-0.39, 0.29) is 16.6 Å². The average Bonchev–Trinajstić information content (AvgIpc) is 2.52. The first-order valence-corrected chi connectivity index (χ1v) is 7.32. The standard InChI is InChI=1S/C17H17ClFNO2/c1-3-16(11-4-7-13(22-2)8-5-11)20-17(21)14-9-6-12(18)10-15(14)19/h4-10,16H,3H2,1-2H3,(H,20,21)/t16-/m0/s1. The summed E-state index contributed by atoms with van der Waals surface area (Å²) in [5.74, 6) is -0.347. The summed E-state index contributed by atoms with van der Waals surface area (Å²) in [5, 5.41) is 3.09. The molecular weight excluding hydrogens is 305 g/mol. The summed E-state index contributed by atoms with van der Waals surface area (Å²) in [6.07, 6.45) is 0.688. The average molecular weight is 322 g/mol. The fraction of sp³-hybridized carbons (Fsp3) is 0.235. The second kappa shape index (κ2) is 7.27. The highest BCUT2D eigenvalue weighted by molar-refractivity contribution is 6.30. The summed E-state index contributed by atoms with van der Waals surface area (Å²) >= 11 is 5.70. The third-order valence-electron chi connectivity index (χ3n) is 3.41. The van der Waals surface area contributed by atoms with E-state index in [2.05, 4.69) is 5.32 Å². The number of rotatable bonds is 5. The highest BCUT2D eigenvalue weighted by Gasteiger charge is 2.17. The van der Waals surface area contributed by atoms with E-state index in [1.54, 1.807) is 7.11 Å². The number of halogens is 2. The lowest BCUT2D eigenvalue weighted by molar-refractivity contribution is 0.0931. The Morgan fingerprint density at radius 1 is 1.27 bits per heavy atom. The van der Waals surface area contributed by atoms with Crippen LogP contribution in [0.5, 0.6) is 5.75 Å². The van der Waals surface area contributed by atoms with Crippen LogP contribution in [-0.2, 0) is 0 Å². The first-order valence-electron chi connectivity index (χ1n) is 6.95. The van der Waals surface area contributed by atoms with Crippen molar-refractivity contribution in [1.82, 2.24) is 5.32 Å². The molecule has 0 bridgehead atoms. The lowest BCUT2D eigenvalue weighted by Gasteiger charge is -2.18. The number of ether oxygens (including phenoxy) is 1. The Kier molecular flexibility index (Phi) is 5.39. The number of carbonyl (C=O) groups is 1. The molecule has 0 fully saturated rings. The molecule has 0 spiro atoms. The first-order chi connectivity index (χ1) is 10.5. The highest BCUT2D eigenvalue weighted by Crippen LogP contribution is 2.21. The molecule has 0 unspecified atom stereocenters. The van der Waals surface area contributed by atoms with Gasteiger partial charge in [-0.25, -0.2) is 4.39 Å². The van der Waals surface area contributed by atoms with E-state index >= 15 is 0 Å². The van der Waals surface area contributed by atoms with Crippen molar-refractivity contribution < 1.29 is 13.9 Å². The molecule has 0 saturated carbocycles. The molecule has 5 heteroatoms. The quantitative estimate of drug-likeness (QED) is 0.888. The van der Waals surface area contributed by atoms with Crippen LogP contribution in [0.3, 0.4) is 0 Å². The number of carbonyl (C=O) groups excluding carboxylic acids is 1. The number of benzene rings is 2. The molecule has 0 radical (unpaired) electrons. The molecule has 1 N–H and O–H groups in total. The summed E-state index contributed by atoms with van der Waals surface area (Å²) in [6, 6.07) is 11.2. The SMILES string of the molecule is CC[C@H](NC(=O)c1ccc(Cl)cc1F)c1ccc(OC)cc1. The topological polar surface area (TPSA) is 38.3 Å². The molecule has 0 aliphatic rings. The van der Waals surface area contributed by atoms with Gasteiger partial charge in [0.2, 0.25) is 0 Å². The van der Waals surface area contributed by atoms with Crippen molar-refractivity contribution in [2.45, 2.75) is 19.4 Å². The van der Waals surface area contributed by atoms with Gasteiger partial charge in [0.15, 0.2) is 0 Å². The number of hydrogen-bond donors (Lipinski definition) is 1. The molecule has 0 aromatic heterocycles. The Labute approximate surface area is 134 Å².